The maximum absolute atomic E-state index is 13.0. The molecule has 0 atom stereocenters. The number of alkyl halides is 3. The molecule has 0 heterocycles. The Kier molecular flexibility index (Phi) is 6.04. The molecule has 10 heteroatoms. The Morgan fingerprint density at radius 3 is 2.35 bits per heavy atom. The summed E-state index contributed by atoms with van der Waals surface area (Å²) < 4.78 is 39.1. The lowest BCUT2D eigenvalue weighted by atomic mass is 10.1. The van der Waals surface area contributed by atoms with E-state index in [0.29, 0.717) is 16.7 Å². The number of nitro groups is 1. The number of non-ortho nitro benzene ring substituents is 1. The number of nitro benzene ring substituents is 1. The van der Waals surface area contributed by atoms with E-state index >= 15 is 0 Å². The second-order valence-corrected chi connectivity index (χ2v) is 5.61. The first-order valence-corrected chi connectivity index (χ1v) is 7.69. The van der Waals surface area contributed by atoms with Gasteiger partial charge in [0.25, 0.3) is 11.6 Å². The number of amides is 1. The van der Waals surface area contributed by atoms with Gasteiger partial charge in [-0.05, 0) is 30.3 Å². The Bertz CT molecular complexity index is 811. The van der Waals surface area contributed by atoms with Gasteiger partial charge in [-0.1, -0.05) is 11.6 Å². The van der Waals surface area contributed by atoms with E-state index in [4.69, 9.17) is 11.6 Å². The summed E-state index contributed by atoms with van der Waals surface area (Å²) in [5, 5.41) is 16.2. The molecule has 0 saturated heterocycles. The minimum Gasteiger partial charge on any atom is -0.383 e. The van der Waals surface area contributed by atoms with Crippen LogP contribution in [0.15, 0.2) is 42.5 Å². The molecule has 0 spiro atoms. The Morgan fingerprint density at radius 2 is 1.77 bits per heavy atom. The van der Waals surface area contributed by atoms with Gasteiger partial charge in [0.15, 0.2) is 0 Å². The number of carbonyl (C=O) groups is 1. The summed E-state index contributed by atoms with van der Waals surface area (Å²) in [6.45, 7) is 0.0516. The fourth-order valence-corrected chi connectivity index (χ4v) is 2.24. The Balaban J connectivity index is 1.97. The average molecular weight is 388 g/mol. The molecular weight excluding hydrogens is 375 g/mol. The van der Waals surface area contributed by atoms with Crippen LogP contribution in [0.1, 0.15) is 15.9 Å². The van der Waals surface area contributed by atoms with Crippen LogP contribution in [0.2, 0.25) is 5.02 Å². The van der Waals surface area contributed by atoms with E-state index in [1.807, 2.05) is 0 Å². The molecule has 26 heavy (non-hydrogen) atoms. The molecule has 2 aromatic rings. The summed E-state index contributed by atoms with van der Waals surface area (Å²) in [5.41, 5.74) is -1.74. The molecular formula is C16H13ClF3N3O3. The van der Waals surface area contributed by atoms with Crippen LogP contribution in [0.25, 0.3) is 0 Å². The third-order valence-corrected chi connectivity index (χ3v) is 3.60. The third-order valence-electron chi connectivity index (χ3n) is 3.35. The van der Waals surface area contributed by atoms with Crippen molar-refractivity contribution in [3.05, 3.63) is 68.7 Å². The SMILES string of the molecule is O=C(NCCNc1ccc([N+](=O)[O-])cc1C(F)(F)F)c1ccc(Cl)cc1. The van der Waals surface area contributed by atoms with Crippen LogP contribution in [0, 0.1) is 10.1 Å². The number of hydrogen-bond acceptors (Lipinski definition) is 4. The molecule has 0 aliphatic carbocycles. The van der Waals surface area contributed by atoms with Crippen LogP contribution in [-0.4, -0.2) is 23.9 Å². The van der Waals surface area contributed by atoms with E-state index < -0.39 is 28.3 Å². The van der Waals surface area contributed by atoms with E-state index in [-0.39, 0.29) is 18.8 Å². The van der Waals surface area contributed by atoms with Crippen LogP contribution >= 0.6 is 11.6 Å². The first-order chi connectivity index (χ1) is 12.2. The van der Waals surface area contributed by atoms with Crippen molar-refractivity contribution in [2.75, 3.05) is 18.4 Å². The highest BCUT2D eigenvalue weighted by atomic mass is 35.5. The molecule has 1 amide bonds. The molecule has 0 bridgehead atoms. The minimum atomic E-state index is -4.75. The lowest BCUT2D eigenvalue weighted by molar-refractivity contribution is -0.385. The van der Waals surface area contributed by atoms with Crippen molar-refractivity contribution < 1.29 is 22.9 Å². The second kappa shape index (κ2) is 8.05. The molecule has 0 radical (unpaired) electrons. The van der Waals surface area contributed by atoms with Crippen LogP contribution in [0.3, 0.4) is 0 Å². The van der Waals surface area contributed by atoms with Crippen molar-refractivity contribution >= 4 is 28.9 Å². The number of hydrogen-bond donors (Lipinski definition) is 2. The summed E-state index contributed by atoms with van der Waals surface area (Å²) in [7, 11) is 0. The highest BCUT2D eigenvalue weighted by Crippen LogP contribution is 2.36. The lowest BCUT2D eigenvalue weighted by Crippen LogP contribution is -2.29. The molecule has 0 aliphatic heterocycles. The Morgan fingerprint density at radius 1 is 1.12 bits per heavy atom. The third kappa shape index (κ3) is 5.09. The van der Waals surface area contributed by atoms with Crippen molar-refractivity contribution in [1.82, 2.24) is 5.32 Å². The minimum absolute atomic E-state index is 0.000219. The number of carbonyl (C=O) groups excluding carboxylic acids is 1. The zero-order valence-electron chi connectivity index (χ0n) is 13.1. The standard InChI is InChI=1S/C16H13ClF3N3O3/c17-11-3-1-10(2-4-11)15(24)22-8-7-21-14-6-5-12(23(25)26)9-13(14)16(18,19)20/h1-6,9,21H,7-8H2,(H,22,24). The lowest BCUT2D eigenvalue weighted by Gasteiger charge is -2.14. The first-order valence-electron chi connectivity index (χ1n) is 7.32. The van der Waals surface area contributed by atoms with Crippen molar-refractivity contribution in [2.45, 2.75) is 6.18 Å². The molecule has 0 saturated carbocycles. The maximum atomic E-state index is 13.0. The molecule has 0 fully saturated rings. The smallest absolute Gasteiger partial charge is 0.383 e. The van der Waals surface area contributed by atoms with E-state index in [2.05, 4.69) is 10.6 Å². The molecule has 138 valence electrons. The van der Waals surface area contributed by atoms with Gasteiger partial charge in [-0.15, -0.1) is 0 Å². The average Bonchev–Trinajstić information content (AvgIpc) is 2.58. The second-order valence-electron chi connectivity index (χ2n) is 5.17. The highest BCUT2D eigenvalue weighted by Gasteiger charge is 2.35. The molecule has 2 aromatic carbocycles. The topological polar surface area (TPSA) is 84.3 Å². The fourth-order valence-electron chi connectivity index (χ4n) is 2.11. The number of rotatable bonds is 6. The van der Waals surface area contributed by atoms with E-state index in [0.717, 1.165) is 12.1 Å². The predicted octanol–water partition coefficient (Wildman–Crippen LogP) is 4.11. The molecule has 0 aliphatic rings. The van der Waals surface area contributed by atoms with Gasteiger partial charge in [-0.3, -0.25) is 14.9 Å². The fraction of sp³-hybridized carbons (Fsp3) is 0.188. The number of benzene rings is 2. The summed E-state index contributed by atoms with van der Waals surface area (Å²) in [6, 6.07) is 8.55. The number of nitrogens with zero attached hydrogens (tertiary/aromatic N) is 1. The zero-order valence-corrected chi connectivity index (χ0v) is 13.9. The molecule has 2 N–H and O–H groups in total. The summed E-state index contributed by atoms with van der Waals surface area (Å²) in [5.74, 6) is -0.400. The van der Waals surface area contributed by atoms with Gasteiger partial charge in [-0.2, -0.15) is 13.2 Å². The van der Waals surface area contributed by atoms with Crippen LogP contribution < -0.4 is 10.6 Å². The number of nitrogens with one attached hydrogen (secondary N) is 2. The molecule has 0 unspecified atom stereocenters. The van der Waals surface area contributed by atoms with Gasteiger partial charge >= 0.3 is 6.18 Å². The van der Waals surface area contributed by atoms with Gasteiger partial charge in [-0.25, -0.2) is 0 Å². The van der Waals surface area contributed by atoms with Gasteiger partial charge < -0.3 is 10.6 Å². The Labute approximate surface area is 151 Å². The van der Waals surface area contributed by atoms with E-state index in [9.17, 15) is 28.1 Å². The molecule has 0 aromatic heterocycles. The number of anilines is 1. The van der Waals surface area contributed by atoms with Gasteiger partial charge in [0, 0.05) is 41.5 Å². The quantitative estimate of drug-likeness (QED) is 0.444. The predicted molar refractivity (Wildman–Crippen MR) is 90.4 cm³/mol. The van der Waals surface area contributed by atoms with Crippen molar-refractivity contribution in [3.63, 3.8) is 0 Å². The maximum Gasteiger partial charge on any atom is 0.418 e. The summed E-state index contributed by atoms with van der Waals surface area (Å²) in [4.78, 5) is 21.6. The van der Waals surface area contributed by atoms with Crippen LogP contribution in [-0.2, 0) is 6.18 Å². The highest BCUT2D eigenvalue weighted by molar-refractivity contribution is 6.30. The van der Waals surface area contributed by atoms with Crippen LogP contribution in [0.4, 0.5) is 24.5 Å². The number of halogens is 4. The van der Waals surface area contributed by atoms with Gasteiger partial charge in [0.2, 0.25) is 0 Å². The normalized spacial score (nSPS) is 11.1. The summed E-state index contributed by atoms with van der Waals surface area (Å²) >= 11 is 5.72. The molecule has 2 rings (SSSR count). The van der Waals surface area contributed by atoms with Crippen LogP contribution in [0.5, 0.6) is 0 Å². The zero-order chi connectivity index (χ0) is 19.3. The summed E-state index contributed by atoms with van der Waals surface area (Å²) in [6.07, 6.45) is -4.75. The largest absolute Gasteiger partial charge is 0.418 e. The van der Waals surface area contributed by atoms with Crippen molar-refractivity contribution in [3.8, 4) is 0 Å². The van der Waals surface area contributed by atoms with E-state index in [1.165, 1.54) is 12.1 Å². The molecule has 6 nitrogen and oxygen atoms in total. The first kappa shape index (κ1) is 19.5. The van der Waals surface area contributed by atoms with Crippen molar-refractivity contribution in [1.29, 1.82) is 0 Å². The van der Waals surface area contributed by atoms with Crippen molar-refractivity contribution in [2.24, 2.45) is 0 Å². The van der Waals surface area contributed by atoms with Gasteiger partial charge in [0.05, 0.1) is 10.5 Å². The Hall–Kier alpha value is -2.81. The van der Waals surface area contributed by atoms with Gasteiger partial charge in [0.1, 0.15) is 0 Å². The monoisotopic (exact) mass is 387 g/mol. The van der Waals surface area contributed by atoms with E-state index in [1.54, 1.807) is 12.1 Å².